The van der Waals surface area contributed by atoms with E-state index in [1.165, 1.54) is 0 Å². The van der Waals surface area contributed by atoms with E-state index in [4.69, 9.17) is 15.9 Å². The molecule has 0 aromatic heterocycles. The first-order valence-corrected chi connectivity index (χ1v) is 4.24. The van der Waals surface area contributed by atoms with Crippen LogP contribution in [-0.4, -0.2) is 36.2 Å². The fourth-order valence-electron chi connectivity index (χ4n) is 1.70. The quantitative estimate of drug-likeness (QED) is 0.443. The molecular weight excluding hydrogens is 154 g/mol. The molecule has 12 heavy (non-hydrogen) atoms. The maximum absolute atomic E-state index is 7.27. The van der Waals surface area contributed by atoms with Crippen molar-refractivity contribution >= 4 is 5.96 Å². The molecule has 0 radical (unpaired) electrons. The highest BCUT2D eigenvalue weighted by atomic mass is 16.5. The van der Waals surface area contributed by atoms with Crippen molar-refractivity contribution in [3.63, 3.8) is 0 Å². The maximum atomic E-state index is 7.27. The molecule has 0 aromatic rings. The standard InChI is InChI=1S/C8H17N3O/c1-5-4-7(6(2)12-5)11(3)8(9)10/h5-7H,4H2,1-3H3,(H3,9,10). The molecule has 0 spiro atoms. The summed E-state index contributed by atoms with van der Waals surface area (Å²) in [5.41, 5.74) is 5.38. The topological polar surface area (TPSA) is 62.3 Å². The molecule has 1 rings (SSSR count). The summed E-state index contributed by atoms with van der Waals surface area (Å²) >= 11 is 0. The van der Waals surface area contributed by atoms with Gasteiger partial charge in [0.1, 0.15) is 0 Å². The van der Waals surface area contributed by atoms with Crippen LogP contribution in [0.4, 0.5) is 0 Å². The summed E-state index contributed by atoms with van der Waals surface area (Å²) in [5.74, 6) is 0.115. The Morgan fingerprint density at radius 2 is 2.17 bits per heavy atom. The highest BCUT2D eigenvalue weighted by Gasteiger charge is 2.32. The predicted molar refractivity (Wildman–Crippen MR) is 48.1 cm³/mol. The van der Waals surface area contributed by atoms with Gasteiger partial charge in [-0.05, 0) is 20.3 Å². The Kier molecular flexibility index (Phi) is 2.57. The van der Waals surface area contributed by atoms with Crippen LogP contribution in [0.25, 0.3) is 0 Å². The molecule has 3 atom stereocenters. The molecule has 4 heteroatoms. The van der Waals surface area contributed by atoms with Crippen molar-refractivity contribution < 1.29 is 4.74 Å². The molecule has 1 heterocycles. The molecule has 3 unspecified atom stereocenters. The number of nitrogens with one attached hydrogen (secondary N) is 1. The van der Waals surface area contributed by atoms with Crippen molar-refractivity contribution in [2.75, 3.05) is 7.05 Å². The normalized spacial score (nSPS) is 35.1. The van der Waals surface area contributed by atoms with E-state index in [2.05, 4.69) is 0 Å². The maximum Gasteiger partial charge on any atom is 0.188 e. The summed E-state index contributed by atoms with van der Waals surface area (Å²) in [7, 11) is 1.84. The molecule has 0 bridgehead atoms. The van der Waals surface area contributed by atoms with Crippen LogP contribution in [0.15, 0.2) is 0 Å². The second-order valence-electron chi connectivity index (χ2n) is 3.45. The van der Waals surface area contributed by atoms with Crippen LogP contribution in [0.2, 0.25) is 0 Å². The van der Waals surface area contributed by atoms with Crippen LogP contribution in [-0.2, 0) is 4.74 Å². The number of hydrogen-bond donors (Lipinski definition) is 2. The summed E-state index contributed by atoms with van der Waals surface area (Å²) in [5, 5.41) is 7.27. The number of ether oxygens (including phenoxy) is 1. The minimum absolute atomic E-state index is 0.115. The Morgan fingerprint density at radius 3 is 2.50 bits per heavy atom. The molecule has 0 saturated carbocycles. The summed E-state index contributed by atoms with van der Waals surface area (Å²) in [6, 6.07) is 0.262. The van der Waals surface area contributed by atoms with Crippen LogP contribution < -0.4 is 5.73 Å². The number of hydrogen-bond acceptors (Lipinski definition) is 2. The molecule has 0 aromatic carbocycles. The van der Waals surface area contributed by atoms with Crippen LogP contribution in [0.3, 0.4) is 0 Å². The molecule has 0 amide bonds. The Morgan fingerprint density at radius 1 is 1.58 bits per heavy atom. The van der Waals surface area contributed by atoms with Crippen LogP contribution in [0.5, 0.6) is 0 Å². The molecule has 1 aliphatic heterocycles. The number of rotatable bonds is 1. The second kappa shape index (κ2) is 3.31. The first-order chi connectivity index (χ1) is 5.52. The van der Waals surface area contributed by atoms with Crippen molar-refractivity contribution in [1.82, 2.24) is 4.90 Å². The number of nitrogens with zero attached hydrogens (tertiary/aromatic N) is 1. The van der Waals surface area contributed by atoms with Gasteiger partial charge in [-0.15, -0.1) is 0 Å². The Bertz CT molecular complexity index is 183. The third-order valence-corrected chi connectivity index (χ3v) is 2.44. The predicted octanol–water partition coefficient (Wildman–Crippen LogP) is 0.378. The minimum atomic E-state index is 0.115. The zero-order valence-electron chi connectivity index (χ0n) is 7.87. The van der Waals surface area contributed by atoms with Gasteiger partial charge in [0, 0.05) is 7.05 Å². The first-order valence-electron chi connectivity index (χ1n) is 4.24. The zero-order valence-corrected chi connectivity index (χ0v) is 7.87. The van der Waals surface area contributed by atoms with Crippen molar-refractivity contribution in [2.45, 2.75) is 38.5 Å². The van der Waals surface area contributed by atoms with Gasteiger partial charge in [-0.2, -0.15) is 0 Å². The Hall–Kier alpha value is -0.770. The Balaban J connectivity index is 2.57. The lowest BCUT2D eigenvalue weighted by Crippen LogP contribution is -2.44. The van der Waals surface area contributed by atoms with E-state index in [9.17, 15) is 0 Å². The van der Waals surface area contributed by atoms with Gasteiger partial charge >= 0.3 is 0 Å². The minimum Gasteiger partial charge on any atom is -0.373 e. The molecule has 1 saturated heterocycles. The van der Waals surface area contributed by atoms with E-state index < -0.39 is 0 Å². The molecule has 3 N–H and O–H groups in total. The Labute approximate surface area is 73.2 Å². The van der Waals surface area contributed by atoms with Crippen LogP contribution in [0, 0.1) is 5.41 Å². The SMILES string of the molecule is CC1CC(N(C)C(=N)N)C(C)O1. The number of likely N-dealkylation sites (N-methyl/N-ethyl adjacent to an activating group) is 1. The number of nitrogens with two attached hydrogens (primary N) is 1. The highest BCUT2D eigenvalue weighted by Crippen LogP contribution is 2.23. The molecule has 70 valence electrons. The van der Waals surface area contributed by atoms with Gasteiger partial charge in [-0.3, -0.25) is 5.41 Å². The van der Waals surface area contributed by atoms with Crippen molar-refractivity contribution in [3.05, 3.63) is 0 Å². The van der Waals surface area contributed by atoms with E-state index in [0.29, 0.717) is 0 Å². The third kappa shape index (κ3) is 1.69. The summed E-state index contributed by atoms with van der Waals surface area (Å²) in [6.45, 7) is 4.07. The van der Waals surface area contributed by atoms with E-state index in [1.54, 1.807) is 4.90 Å². The largest absolute Gasteiger partial charge is 0.373 e. The molecule has 1 aliphatic rings. The fourth-order valence-corrected chi connectivity index (χ4v) is 1.70. The molecule has 0 aliphatic carbocycles. The van der Waals surface area contributed by atoms with Gasteiger partial charge in [0.25, 0.3) is 0 Å². The van der Waals surface area contributed by atoms with E-state index in [-0.39, 0.29) is 24.2 Å². The highest BCUT2D eigenvalue weighted by molar-refractivity contribution is 5.74. The zero-order chi connectivity index (χ0) is 9.30. The van der Waals surface area contributed by atoms with Gasteiger partial charge in [0.05, 0.1) is 18.2 Å². The van der Waals surface area contributed by atoms with E-state index in [1.807, 2.05) is 20.9 Å². The van der Waals surface area contributed by atoms with Crippen molar-refractivity contribution in [2.24, 2.45) is 5.73 Å². The first kappa shape index (κ1) is 9.32. The smallest absolute Gasteiger partial charge is 0.188 e. The van der Waals surface area contributed by atoms with Crippen molar-refractivity contribution in [1.29, 1.82) is 5.41 Å². The van der Waals surface area contributed by atoms with Crippen LogP contribution >= 0.6 is 0 Å². The average Bonchev–Trinajstić information content (AvgIpc) is 2.28. The number of guanidine groups is 1. The average molecular weight is 171 g/mol. The van der Waals surface area contributed by atoms with Gasteiger partial charge in [0.2, 0.25) is 0 Å². The summed E-state index contributed by atoms with van der Waals surface area (Å²) in [6.07, 6.45) is 1.41. The van der Waals surface area contributed by atoms with Crippen molar-refractivity contribution in [3.8, 4) is 0 Å². The second-order valence-corrected chi connectivity index (χ2v) is 3.45. The monoisotopic (exact) mass is 171 g/mol. The molecule has 1 fully saturated rings. The lowest BCUT2D eigenvalue weighted by Gasteiger charge is -2.26. The lowest BCUT2D eigenvalue weighted by atomic mass is 10.1. The summed E-state index contributed by atoms with van der Waals surface area (Å²) in [4.78, 5) is 1.77. The molecule has 4 nitrogen and oxygen atoms in total. The van der Waals surface area contributed by atoms with Gasteiger partial charge in [-0.25, -0.2) is 0 Å². The fraction of sp³-hybridized carbons (Fsp3) is 0.875. The van der Waals surface area contributed by atoms with Gasteiger partial charge < -0.3 is 15.4 Å². The van der Waals surface area contributed by atoms with Crippen LogP contribution in [0.1, 0.15) is 20.3 Å². The molecular formula is C8H17N3O. The summed E-state index contributed by atoms with van der Waals surface area (Å²) < 4.78 is 5.55. The van der Waals surface area contributed by atoms with Gasteiger partial charge in [0.15, 0.2) is 5.96 Å². The van der Waals surface area contributed by atoms with E-state index in [0.717, 1.165) is 6.42 Å². The van der Waals surface area contributed by atoms with E-state index >= 15 is 0 Å². The van der Waals surface area contributed by atoms with Gasteiger partial charge in [-0.1, -0.05) is 0 Å². The third-order valence-electron chi connectivity index (χ3n) is 2.44. The lowest BCUT2D eigenvalue weighted by molar-refractivity contribution is 0.0535.